The molecule has 1 aliphatic heterocycles. The van der Waals surface area contributed by atoms with Crippen molar-refractivity contribution in [1.82, 2.24) is 19.2 Å². The van der Waals surface area contributed by atoms with E-state index in [1.54, 1.807) is 43.8 Å². The topological polar surface area (TPSA) is 83.5 Å². The van der Waals surface area contributed by atoms with Gasteiger partial charge < -0.3 is 4.90 Å². The van der Waals surface area contributed by atoms with E-state index in [2.05, 4.69) is 9.97 Å². The molecule has 0 unspecified atom stereocenters. The molecule has 1 aliphatic rings. The van der Waals surface area contributed by atoms with Gasteiger partial charge in [0.1, 0.15) is 0 Å². The highest BCUT2D eigenvalue weighted by molar-refractivity contribution is 7.89. The van der Waals surface area contributed by atoms with Crippen molar-refractivity contribution in [3.8, 4) is 0 Å². The lowest BCUT2D eigenvalue weighted by Gasteiger charge is -2.26. The van der Waals surface area contributed by atoms with Crippen molar-refractivity contribution in [3.05, 3.63) is 54.1 Å². The van der Waals surface area contributed by atoms with E-state index in [9.17, 15) is 13.2 Å². The summed E-state index contributed by atoms with van der Waals surface area (Å²) in [4.78, 5) is 22.5. The van der Waals surface area contributed by atoms with E-state index >= 15 is 0 Å². The Kier molecular flexibility index (Phi) is 5.63. The zero-order chi connectivity index (χ0) is 18.6. The maximum Gasteiger partial charge on any atom is 0.253 e. The highest BCUT2D eigenvalue weighted by Crippen LogP contribution is 2.21. The van der Waals surface area contributed by atoms with E-state index in [4.69, 9.17) is 0 Å². The van der Waals surface area contributed by atoms with E-state index in [-0.39, 0.29) is 10.8 Å². The van der Waals surface area contributed by atoms with Crippen LogP contribution in [-0.2, 0) is 16.6 Å². The van der Waals surface area contributed by atoms with Gasteiger partial charge in [-0.1, -0.05) is 12.5 Å². The molecule has 0 bridgehead atoms. The fourth-order valence-electron chi connectivity index (χ4n) is 2.99. The summed E-state index contributed by atoms with van der Waals surface area (Å²) in [6, 6.07) is 6.24. The highest BCUT2D eigenvalue weighted by Gasteiger charge is 2.26. The van der Waals surface area contributed by atoms with Crippen LogP contribution >= 0.6 is 0 Å². The molecule has 1 saturated heterocycles. The van der Waals surface area contributed by atoms with Crippen molar-refractivity contribution in [2.45, 2.75) is 30.7 Å². The molecule has 2 heterocycles. The molecule has 0 aliphatic carbocycles. The predicted octanol–water partition coefficient (Wildman–Crippen LogP) is 1.92. The second-order valence-electron chi connectivity index (χ2n) is 6.35. The van der Waals surface area contributed by atoms with Crippen LogP contribution in [0.25, 0.3) is 0 Å². The minimum absolute atomic E-state index is 0.165. The fraction of sp³-hybridized carbons (Fsp3) is 0.389. The molecule has 138 valence electrons. The van der Waals surface area contributed by atoms with E-state index in [0.29, 0.717) is 30.9 Å². The fourth-order valence-corrected chi connectivity index (χ4v) is 4.55. The van der Waals surface area contributed by atoms with Gasteiger partial charge >= 0.3 is 0 Å². The number of benzene rings is 1. The Morgan fingerprint density at radius 3 is 2.65 bits per heavy atom. The first-order valence-electron chi connectivity index (χ1n) is 8.59. The van der Waals surface area contributed by atoms with Gasteiger partial charge in [0.25, 0.3) is 5.91 Å². The van der Waals surface area contributed by atoms with Crippen LogP contribution in [0.4, 0.5) is 0 Å². The first-order chi connectivity index (χ1) is 12.5. The molecule has 1 aromatic carbocycles. The van der Waals surface area contributed by atoms with E-state index in [1.165, 1.54) is 15.3 Å². The van der Waals surface area contributed by atoms with Gasteiger partial charge in [-0.25, -0.2) is 8.42 Å². The molecule has 0 spiro atoms. The lowest BCUT2D eigenvalue weighted by atomic mass is 10.2. The largest absolute Gasteiger partial charge is 0.336 e. The number of hydrogen-bond donors (Lipinski definition) is 0. The molecule has 8 heteroatoms. The second-order valence-corrected chi connectivity index (χ2v) is 8.29. The van der Waals surface area contributed by atoms with Crippen molar-refractivity contribution >= 4 is 15.9 Å². The van der Waals surface area contributed by atoms with Crippen molar-refractivity contribution in [3.63, 3.8) is 0 Å². The van der Waals surface area contributed by atoms with E-state index in [0.717, 1.165) is 19.3 Å². The summed E-state index contributed by atoms with van der Waals surface area (Å²) in [6.45, 7) is 1.37. The van der Waals surface area contributed by atoms with Gasteiger partial charge in [-0.3, -0.25) is 14.8 Å². The Labute approximate surface area is 153 Å². The van der Waals surface area contributed by atoms with E-state index < -0.39 is 10.0 Å². The minimum atomic E-state index is -3.56. The Bertz CT molecular complexity index is 865. The number of amides is 1. The summed E-state index contributed by atoms with van der Waals surface area (Å²) in [5.41, 5.74) is 1.01. The summed E-state index contributed by atoms with van der Waals surface area (Å²) in [7, 11) is -1.91. The van der Waals surface area contributed by atoms with Crippen LogP contribution in [0.15, 0.2) is 47.8 Å². The minimum Gasteiger partial charge on any atom is -0.336 e. The second kappa shape index (κ2) is 7.92. The average Bonchev–Trinajstić information content (AvgIpc) is 2.69. The van der Waals surface area contributed by atoms with Gasteiger partial charge in [-0.15, -0.1) is 0 Å². The van der Waals surface area contributed by atoms with Crippen LogP contribution in [-0.4, -0.2) is 53.6 Å². The molecule has 0 radical (unpaired) electrons. The Morgan fingerprint density at radius 1 is 1.19 bits per heavy atom. The summed E-state index contributed by atoms with van der Waals surface area (Å²) >= 11 is 0. The maximum absolute atomic E-state index is 12.8. The number of carbonyl (C=O) groups is 1. The first kappa shape index (κ1) is 18.5. The molecular weight excluding hydrogens is 352 g/mol. The van der Waals surface area contributed by atoms with E-state index in [1.807, 2.05) is 0 Å². The summed E-state index contributed by atoms with van der Waals surface area (Å²) in [6.07, 6.45) is 7.54. The van der Waals surface area contributed by atoms with Crippen LogP contribution in [0.3, 0.4) is 0 Å². The predicted molar refractivity (Wildman–Crippen MR) is 96.9 cm³/mol. The molecule has 7 nitrogen and oxygen atoms in total. The van der Waals surface area contributed by atoms with Gasteiger partial charge in [0, 0.05) is 38.1 Å². The number of hydrogen-bond acceptors (Lipinski definition) is 5. The zero-order valence-corrected chi connectivity index (χ0v) is 15.5. The van der Waals surface area contributed by atoms with Gasteiger partial charge in [-0.2, -0.15) is 4.31 Å². The third kappa shape index (κ3) is 4.08. The standard InChI is InChI=1S/C18H22N4O3S/c1-21(14-16-13-19-8-9-20-16)18(23)15-6-5-7-17(12-15)26(24,25)22-10-3-2-4-11-22/h5-9,12-13H,2-4,10-11,14H2,1H3. The molecule has 0 saturated carbocycles. The van der Waals surface area contributed by atoms with Crippen molar-refractivity contribution < 1.29 is 13.2 Å². The Balaban J connectivity index is 1.79. The number of sulfonamides is 1. The number of piperidine rings is 1. The van der Waals surface area contributed by atoms with Crippen LogP contribution in [0.5, 0.6) is 0 Å². The summed E-state index contributed by atoms with van der Waals surface area (Å²) < 4.78 is 27.1. The summed E-state index contributed by atoms with van der Waals surface area (Å²) in [5.74, 6) is -0.258. The third-order valence-electron chi connectivity index (χ3n) is 4.40. The van der Waals surface area contributed by atoms with Gasteiger partial charge in [-0.05, 0) is 31.0 Å². The van der Waals surface area contributed by atoms with Crippen LogP contribution in [0.2, 0.25) is 0 Å². The highest BCUT2D eigenvalue weighted by atomic mass is 32.2. The van der Waals surface area contributed by atoms with Crippen molar-refractivity contribution in [2.75, 3.05) is 20.1 Å². The number of carbonyl (C=O) groups excluding carboxylic acids is 1. The quantitative estimate of drug-likeness (QED) is 0.798. The molecule has 1 fully saturated rings. The van der Waals surface area contributed by atoms with Crippen molar-refractivity contribution in [2.24, 2.45) is 0 Å². The molecule has 1 amide bonds. The molecule has 1 aromatic heterocycles. The Hall–Kier alpha value is -2.32. The molecule has 2 aromatic rings. The average molecular weight is 374 g/mol. The normalized spacial score (nSPS) is 15.6. The maximum atomic E-state index is 12.8. The smallest absolute Gasteiger partial charge is 0.253 e. The summed E-state index contributed by atoms with van der Waals surface area (Å²) in [5, 5.41) is 0. The number of rotatable bonds is 5. The third-order valence-corrected chi connectivity index (χ3v) is 6.29. The van der Waals surface area contributed by atoms with Gasteiger partial charge in [0.15, 0.2) is 0 Å². The first-order valence-corrected chi connectivity index (χ1v) is 10.0. The lowest BCUT2D eigenvalue weighted by Crippen LogP contribution is -2.35. The molecule has 3 rings (SSSR count). The van der Waals surface area contributed by atoms with Gasteiger partial charge in [0.2, 0.25) is 10.0 Å². The zero-order valence-electron chi connectivity index (χ0n) is 14.7. The van der Waals surface area contributed by atoms with Gasteiger partial charge in [0.05, 0.1) is 23.3 Å². The molecule has 0 N–H and O–H groups in total. The number of aromatic nitrogens is 2. The Morgan fingerprint density at radius 2 is 1.96 bits per heavy atom. The van der Waals surface area contributed by atoms with Crippen LogP contribution in [0.1, 0.15) is 35.3 Å². The molecular formula is C18H22N4O3S. The molecule has 0 atom stereocenters. The monoisotopic (exact) mass is 374 g/mol. The van der Waals surface area contributed by atoms with Crippen LogP contribution < -0.4 is 0 Å². The van der Waals surface area contributed by atoms with Crippen molar-refractivity contribution in [1.29, 1.82) is 0 Å². The number of nitrogens with zero attached hydrogens (tertiary/aromatic N) is 4. The van der Waals surface area contributed by atoms with Crippen LogP contribution in [0, 0.1) is 0 Å². The molecule has 26 heavy (non-hydrogen) atoms. The SMILES string of the molecule is CN(Cc1cnccn1)C(=O)c1cccc(S(=O)(=O)N2CCCCC2)c1. The lowest BCUT2D eigenvalue weighted by molar-refractivity contribution is 0.0783.